The summed E-state index contributed by atoms with van der Waals surface area (Å²) in [6.07, 6.45) is 3.37. The van der Waals surface area contributed by atoms with Gasteiger partial charge in [0.1, 0.15) is 29.1 Å². The fourth-order valence-electron chi connectivity index (χ4n) is 4.44. The molecule has 0 radical (unpaired) electrons. The third kappa shape index (κ3) is 4.67. The summed E-state index contributed by atoms with van der Waals surface area (Å²) in [4.78, 5) is 28.0. The fourth-order valence-corrected chi connectivity index (χ4v) is 4.44. The first-order chi connectivity index (χ1) is 16.3. The minimum Gasteiger partial charge on any atom is -0.489 e. The molecule has 1 saturated heterocycles. The zero-order valence-electron chi connectivity index (χ0n) is 20.2. The average molecular weight is 463 g/mol. The molecule has 0 spiro atoms. The first kappa shape index (κ1) is 23.5. The predicted octanol–water partition coefficient (Wildman–Crippen LogP) is 3.45. The highest BCUT2D eigenvalue weighted by Gasteiger charge is 2.36. The summed E-state index contributed by atoms with van der Waals surface area (Å²) >= 11 is 0. The van der Waals surface area contributed by atoms with Crippen LogP contribution in [0.25, 0.3) is 11.0 Å². The summed E-state index contributed by atoms with van der Waals surface area (Å²) in [7, 11) is 1.66. The average Bonchev–Trinajstić information content (AvgIpc) is 2.82. The molecule has 9 nitrogen and oxygen atoms in total. The van der Waals surface area contributed by atoms with E-state index >= 15 is 0 Å². The number of aryl methyl sites for hydroxylation is 1. The van der Waals surface area contributed by atoms with Crippen LogP contribution in [0.4, 0.5) is 5.82 Å². The molecule has 34 heavy (non-hydrogen) atoms. The van der Waals surface area contributed by atoms with Gasteiger partial charge in [-0.2, -0.15) is 10.2 Å². The smallest absolute Gasteiger partial charge is 0.349 e. The first-order valence-corrected chi connectivity index (χ1v) is 11.6. The Morgan fingerprint density at radius 3 is 2.68 bits per heavy atom. The molecule has 0 bridgehead atoms. The molecule has 3 aromatic heterocycles. The van der Waals surface area contributed by atoms with Crippen LogP contribution in [0.5, 0.6) is 11.6 Å². The molecule has 9 heteroatoms. The van der Waals surface area contributed by atoms with Gasteiger partial charge in [-0.15, -0.1) is 0 Å². The number of hydrogen-bond donors (Lipinski definition) is 0. The molecular weight excluding hydrogens is 432 g/mol. The number of aromatic nitrogens is 4. The zero-order valence-corrected chi connectivity index (χ0v) is 20.2. The maximum Gasteiger partial charge on any atom is 0.349 e. The minimum atomic E-state index is -0.347. The second kappa shape index (κ2) is 9.67. The van der Waals surface area contributed by atoms with E-state index in [9.17, 15) is 10.1 Å². The number of rotatable bonds is 6. The predicted molar refractivity (Wildman–Crippen MR) is 129 cm³/mol. The lowest BCUT2D eigenvalue weighted by Gasteiger charge is -2.43. The molecular formula is C25H30N6O3. The Hall–Kier alpha value is -3.67. The normalized spacial score (nSPS) is 20.4. The summed E-state index contributed by atoms with van der Waals surface area (Å²) < 4.78 is 13.4. The van der Waals surface area contributed by atoms with Crippen molar-refractivity contribution < 1.29 is 9.47 Å². The van der Waals surface area contributed by atoms with E-state index in [4.69, 9.17) is 9.47 Å². The van der Waals surface area contributed by atoms with Crippen molar-refractivity contribution >= 4 is 16.9 Å². The van der Waals surface area contributed by atoms with E-state index in [1.165, 1.54) is 4.57 Å². The van der Waals surface area contributed by atoms with E-state index in [0.717, 1.165) is 12.8 Å². The molecule has 4 rings (SSSR count). The summed E-state index contributed by atoms with van der Waals surface area (Å²) in [6, 6.07) is 9.21. The van der Waals surface area contributed by atoms with Crippen molar-refractivity contribution in [3.8, 4) is 17.7 Å². The zero-order chi connectivity index (χ0) is 24.4. The molecule has 0 aliphatic carbocycles. The second-order valence-electron chi connectivity index (χ2n) is 9.01. The number of piperidine rings is 1. The van der Waals surface area contributed by atoms with E-state index < -0.39 is 0 Å². The number of anilines is 1. The highest BCUT2D eigenvalue weighted by Crippen LogP contribution is 2.33. The van der Waals surface area contributed by atoms with Crippen LogP contribution in [0.15, 0.2) is 35.3 Å². The molecule has 0 N–H and O–H groups in total. The Morgan fingerprint density at radius 1 is 1.24 bits per heavy atom. The van der Waals surface area contributed by atoms with Gasteiger partial charge in [-0.1, -0.05) is 6.92 Å². The molecule has 3 atom stereocenters. The lowest BCUT2D eigenvalue weighted by molar-refractivity contribution is 0.0908. The fraction of sp³-hybridized carbons (Fsp3) is 0.480. The molecule has 1 aliphatic rings. The Morgan fingerprint density at radius 2 is 2.03 bits per heavy atom. The molecule has 0 aromatic carbocycles. The molecule has 0 saturated carbocycles. The maximum atomic E-state index is 12.6. The maximum absolute atomic E-state index is 12.6. The molecule has 1 fully saturated rings. The van der Waals surface area contributed by atoms with Gasteiger partial charge < -0.3 is 14.4 Å². The van der Waals surface area contributed by atoms with Crippen molar-refractivity contribution in [2.45, 2.75) is 58.8 Å². The van der Waals surface area contributed by atoms with Crippen LogP contribution in [0.1, 0.15) is 46.2 Å². The third-order valence-corrected chi connectivity index (χ3v) is 6.26. The lowest BCUT2D eigenvalue weighted by atomic mass is 9.88. The standard InChI is InChI=1S/C25H30N6O3/c1-6-17-14-31(24-23-20(30(5)25(32)29-24)9-7-18(12-26)28-23)16(4)11-21(17)34-22-10-8-19(13-27-22)33-15(2)3/h7-10,13,15-17,21H,6,11,14H2,1-5H3/t16-,17+,21+/m1/s1. The van der Waals surface area contributed by atoms with Crippen LogP contribution in [-0.2, 0) is 7.05 Å². The Kier molecular flexibility index (Phi) is 6.68. The van der Waals surface area contributed by atoms with E-state index in [1.807, 2.05) is 26.0 Å². The topological polar surface area (TPSA) is 106 Å². The van der Waals surface area contributed by atoms with Crippen LogP contribution in [-0.4, -0.2) is 44.3 Å². The van der Waals surface area contributed by atoms with Crippen molar-refractivity contribution in [1.82, 2.24) is 19.5 Å². The van der Waals surface area contributed by atoms with Crippen molar-refractivity contribution in [3.63, 3.8) is 0 Å². The van der Waals surface area contributed by atoms with Crippen LogP contribution < -0.4 is 20.1 Å². The Balaban J connectivity index is 1.61. The highest BCUT2D eigenvalue weighted by molar-refractivity contribution is 5.86. The molecule has 4 heterocycles. The number of nitriles is 1. The quantitative estimate of drug-likeness (QED) is 0.548. The van der Waals surface area contributed by atoms with Gasteiger partial charge in [0, 0.05) is 38.0 Å². The molecule has 0 amide bonds. The van der Waals surface area contributed by atoms with Gasteiger partial charge in [0.05, 0.1) is 17.8 Å². The van der Waals surface area contributed by atoms with Crippen molar-refractivity contribution in [1.29, 1.82) is 5.26 Å². The van der Waals surface area contributed by atoms with Crippen LogP contribution in [0, 0.1) is 17.2 Å². The van der Waals surface area contributed by atoms with E-state index in [0.29, 0.717) is 40.7 Å². The SMILES string of the molecule is CC[C@H]1CN(c2nc(=O)n(C)c3ccc(C#N)nc23)[C@H](C)C[C@@H]1Oc1ccc(OC(C)C)cn1. The summed E-state index contributed by atoms with van der Waals surface area (Å²) in [5.74, 6) is 2.00. The number of fused-ring (bicyclic) bond motifs is 1. The van der Waals surface area contributed by atoms with Crippen molar-refractivity contribution in [3.05, 3.63) is 46.6 Å². The first-order valence-electron chi connectivity index (χ1n) is 11.6. The number of ether oxygens (including phenoxy) is 2. The van der Waals surface area contributed by atoms with Crippen LogP contribution >= 0.6 is 0 Å². The van der Waals surface area contributed by atoms with Gasteiger partial charge in [-0.25, -0.2) is 14.8 Å². The Labute approximate surface area is 199 Å². The van der Waals surface area contributed by atoms with Crippen molar-refractivity contribution in [2.24, 2.45) is 13.0 Å². The number of hydrogen-bond acceptors (Lipinski definition) is 8. The molecule has 0 unspecified atom stereocenters. The van der Waals surface area contributed by atoms with Crippen molar-refractivity contribution in [2.75, 3.05) is 11.4 Å². The number of pyridine rings is 2. The van der Waals surface area contributed by atoms with Gasteiger partial charge in [-0.3, -0.25) is 4.57 Å². The molecule has 3 aromatic rings. The highest BCUT2D eigenvalue weighted by atomic mass is 16.5. The summed E-state index contributed by atoms with van der Waals surface area (Å²) in [5.41, 5.74) is 1.16. The summed E-state index contributed by atoms with van der Waals surface area (Å²) in [5, 5.41) is 9.34. The molecule has 178 valence electrons. The second-order valence-corrected chi connectivity index (χ2v) is 9.01. The largest absolute Gasteiger partial charge is 0.489 e. The lowest BCUT2D eigenvalue weighted by Crippen LogP contribution is -2.51. The van der Waals surface area contributed by atoms with Crippen LogP contribution in [0.2, 0.25) is 0 Å². The van der Waals surface area contributed by atoms with Crippen LogP contribution in [0.3, 0.4) is 0 Å². The van der Waals surface area contributed by atoms with Gasteiger partial charge in [0.2, 0.25) is 5.88 Å². The van der Waals surface area contributed by atoms with Gasteiger partial charge in [0.25, 0.3) is 0 Å². The van der Waals surface area contributed by atoms with Gasteiger partial charge >= 0.3 is 5.69 Å². The molecule has 1 aliphatic heterocycles. The van der Waals surface area contributed by atoms with E-state index in [2.05, 4.69) is 39.8 Å². The third-order valence-electron chi connectivity index (χ3n) is 6.26. The van der Waals surface area contributed by atoms with E-state index in [-0.39, 0.29) is 29.9 Å². The minimum absolute atomic E-state index is 0.0268. The van der Waals surface area contributed by atoms with E-state index in [1.54, 1.807) is 25.4 Å². The van der Waals surface area contributed by atoms with Gasteiger partial charge in [-0.05, 0) is 45.4 Å². The monoisotopic (exact) mass is 462 g/mol. The summed E-state index contributed by atoms with van der Waals surface area (Å²) in [6.45, 7) is 8.83. The number of nitrogens with zero attached hydrogens (tertiary/aromatic N) is 6. The van der Waals surface area contributed by atoms with Gasteiger partial charge in [0.15, 0.2) is 5.82 Å². The Bertz CT molecular complexity index is 1260.